The maximum absolute atomic E-state index is 5.99. The average Bonchev–Trinajstić information content (AvgIpc) is 3.44. The summed E-state index contributed by atoms with van der Waals surface area (Å²) in [6.07, 6.45) is 3.49. The molecule has 5 nitrogen and oxygen atoms in total. The highest BCUT2D eigenvalue weighted by atomic mass is 35.5. The van der Waals surface area contributed by atoms with E-state index in [-0.39, 0.29) is 0 Å². The van der Waals surface area contributed by atoms with Gasteiger partial charge in [0.25, 0.3) is 0 Å². The summed E-state index contributed by atoms with van der Waals surface area (Å²) >= 11 is 7.87. The van der Waals surface area contributed by atoms with Crippen LogP contribution < -0.4 is 5.32 Å². The fourth-order valence-electron chi connectivity index (χ4n) is 4.44. The first-order valence-corrected chi connectivity index (χ1v) is 11.6. The number of benzene rings is 2. The van der Waals surface area contributed by atoms with Crippen molar-refractivity contribution in [3.8, 4) is 5.00 Å². The van der Waals surface area contributed by atoms with E-state index in [0.29, 0.717) is 6.54 Å². The van der Waals surface area contributed by atoms with E-state index in [2.05, 4.69) is 44.3 Å². The first-order valence-electron chi connectivity index (χ1n) is 10.4. The third-order valence-corrected chi connectivity index (χ3v) is 7.43. The van der Waals surface area contributed by atoms with Gasteiger partial charge in [0.1, 0.15) is 17.4 Å². The molecule has 1 N–H and O–H groups in total. The van der Waals surface area contributed by atoms with Crippen LogP contribution in [0.15, 0.2) is 53.5 Å². The van der Waals surface area contributed by atoms with Crippen LogP contribution in [0.25, 0.3) is 5.00 Å². The van der Waals surface area contributed by atoms with Crippen LogP contribution in [0.3, 0.4) is 0 Å². The monoisotopic (exact) mass is 445 g/mol. The molecule has 0 bridgehead atoms. The summed E-state index contributed by atoms with van der Waals surface area (Å²) < 4.78 is 2.20. The van der Waals surface area contributed by atoms with Crippen LogP contribution in [-0.2, 0) is 19.4 Å². The molecule has 0 fully saturated rings. The number of nitrogens with one attached hydrogen (secondary N) is 1. The largest absolute Gasteiger partial charge is 0.356 e. The van der Waals surface area contributed by atoms with E-state index in [4.69, 9.17) is 16.6 Å². The van der Waals surface area contributed by atoms with Crippen LogP contribution in [-0.4, -0.2) is 20.5 Å². The lowest BCUT2D eigenvalue weighted by atomic mass is 9.99. The van der Waals surface area contributed by atoms with Gasteiger partial charge in [0.15, 0.2) is 5.82 Å². The van der Waals surface area contributed by atoms with E-state index in [0.717, 1.165) is 52.2 Å². The smallest absolute Gasteiger partial charge is 0.160 e. The second kappa shape index (κ2) is 7.32. The molecule has 0 radical (unpaired) electrons. The summed E-state index contributed by atoms with van der Waals surface area (Å²) in [6.45, 7) is 2.56. The van der Waals surface area contributed by atoms with Crippen LogP contribution >= 0.6 is 22.9 Å². The molecule has 31 heavy (non-hydrogen) atoms. The van der Waals surface area contributed by atoms with E-state index >= 15 is 0 Å². The number of hydrogen-bond donors (Lipinski definition) is 1. The van der Waals surface area contributed by atoms with Crippen LogP contribution in [0.5, 0.6) is 0 Å². The Bertz CT molecular complexity index is 1320. The number of aryl methyl sites for hydroxylation is 2. The average molecular weight is 446 g/mol. The Hall–Kier alpha value is -2.96. The van der Waals surface area contributed by atoms with Crippen molar-refractivity contribution >= 4 is 40.0 Å². The van der Waals surface area contributed by atoms with Crippen molar-refractivity contribution in [3.63, 3.8) is 0 Å². The quantitative estimate of drug-likeness (QED) is 0.428. The summed E-state index contributed by atoms with van der Waals surface area (Å²) in [4.78, 5) is 6.51. The predicted octanol–water partition coefficient (Wildman–Crippen LogP) is 5.87. The molecular weight excluding hydrogens is 426 g/mol. The zero-order valence-electron chi connectivity index (χ0n) is 17.0. The molecule has 2 aliphatic rings. The van der Waals surface area contributed by atoms with E-state index in [1.807, 2.05) is 42.5 Å². The minimum absolute atomic E-state index is 0.539. The minimum Gasteiger partial charge on any atom is -0.356 e. The van der Waals surface area contributed by atoms with Crippen molar-refractivity contribution in [2.75, 3.05) is 5.32 Å². The number of aliphatic imine (C=N–C) groups is 1. The van der Waals surface area contributed by atoms with E-state index in [9.17, 15) is 0 Å². The van der Waals surface area contributed by atoms with E-state index in [1.54, 1.807) is 0 Å². The third-order valence-electron chi connectivity index (χ3n) is 5.90. The van der Waals surface area contributed by atoms with Gasteiger partial charge in [-0.1, -0.05) is 23.7 Å². The van der Waals surface area contributed by atoms with Gasteiger partial charge in [-0.15, -0.1) is 21.5 Å². The van der Waals surface area contributed by atoms with Gasteiger partial charge < -0.3 is 5.32 Å². The van der Waals surface area contributed by atoms with E-state index in [1.165, 1.54) is 27.4 Å². The molecule has 0 atom stereocenters. The highest BCUT2D eigenvalue weighted by molar-refractivity contribution is 7.15. The maximum atomic E-state index is 5.99. The molecule has 0 amide bonds. The molecule has 4 aromatic rings. The Morgan fingerprint density at radius 2 is 1.71 bits per heavy atom. The molecule has 6 rings (SSSR count). The van der Waals surface area contributed by atoms with Gasteiger partial charge >= 0.3 is 0 Å². The Labute approximate surface area is 189 Å². The Balaban J connectivity index is 1.40. The Morgan fingerprint density at radius 1 is 0.968 bits per heavy atom. The van der Waals surface area contributed by atoms with E-state index < -0.39 is 0 Å². The number of hydrogen-bond acceptors (Lipinski definition) is 5. The maximum Gasteiger partial charge on any atom is 0.160 e. The summed E-state index contributed by atoms with van der Waals surface area (Å²) in [5.74, 6) is 1.84. The van der Waals surface area contributed by atoms with Gasteiger partial charge in [-0.05, 0) is 68.1 Å². The summed E-state index contributed by atoms with van der Waals surface area (Å²) in [5.41, 5.74) is 6.98. The van der Waals surface area contributed by atoms with Crippen molar-refractivity contribution in [2.24, 2.45) is 4.99 Å². The number of nitrogens with zero attached hydrogens (tertiary/aromatic N) is 4. The Kier molecular flexibility index (Phi) is 4.44. The first kappa shape index (κ1) is 18.8. The molecule has 0 unspecified atom stereocenters. The topological polar surface area (TPSA) is 55.1 Å². The molecule has 3 heterocycles. The molecular formula is C24H20ClN5S. The third kappa shape index (κ3) is 3.18. The normalized spacial score (nSPS) is 14.5. The standard InChI is InChI=1S/C24H20ClN5S/c1-14-28-29-21-13-26-23(22-19-3-2-4-20(19)31-24(22)30(14)21)15-5-9-17(10-6-15)27-18-11-7-16(25)8-12-18/h5-12,27H,2-4,13H2,1H3. The van der Waals surface area contributed by atoms with Crippen molar-refractivity contribution in [1.29, 1.82) is 0 Å². The minimum atomic E-state index is 0.539. The lowest BCUT2D eigenvalue weighted by Crippen LogP contribution is -2.08. The number of thiophene rings is 1. The van der Waals surface area contributed by atoms with Crippen LogP contribution in [0.2, 0.25) is 5.02 Å². The fraction of sp³-hybridized carbons (Fsp3) is 0.208. The molecule has 0 saturated carbocycles. The van der Waals surface area contributed by atoms with Gasteiger partial charge in [0.05, 0.1) is 5.71 Å². The van der Waals surface area contributed by atoms with Crippen molar-refractivity contribution in [3.05, 3.63) is 86.8 Å². The molecule has 0 spiro atoms. The summed E-state index contributed by atoms with van der Waals surface area (Å²) in [6, 6.07) is 16.2. The van der Waals surface area contributed by atoms with Crippen molar-refractivity contribution < 1.29 is 0 Å². The van der Waals surface area contributed by atoms with Gasteiger partial charge in [0, 0.05) is 32.4 Å². The number of aromatic nitrogens is 3. The predicted molar refractivity (Wildman–Crippen MR) is 127 cm³/mol. The van der Waals surface area contributed by atoms with Gasteiger partial charge in [-0.25, -0.2) is 0 Å². The first-order chi connectivity index (χ1) is 15.2. The zero-order chi connectivity index (χ0) is 20.9. The van der Waals surface area contributed by atoms with Crippen LogP contribution in [0.4, 0.5) is 11.4 Å². The lowest BCUT2D eigenvalue weighted by Gasteiger charge is -2.11. The molecule has 2 aromatic carbocycles. The van der Waals surface area contributed by atoms with Crippen LogP contribution in [0.1, 0.15) is 39.6 Å². The number of anilines is 2. The highest BCUT2D eigenvalue weighted by Crippen LogP contribution is 2.41. The molecule has 7 heteroatoms. The van der Waals surface area contributed by atoms with Crippen LogP contribution in [0, 0.1) is 6.92 Å². The molecule has 0 saturated heterocycles. The van der Waals surface area contributed by atoms with Crippen molar-refractivity contribution in [1.82, 2.24) is 14.8 Å². The summed E-state index contributed by atoms with van der Waals surface area (Å²) in [7, 11) is 0. The van der Waals surface area contributed by atoms with Crippen molar-refractivity contribution in [2.45, 2.75) is 32.7 Å². The second-order valence-corrected chi connectivity index (χ2v) is 9.43. The number of fused-ring (bicyclic) bond motifs is 5. The molecule has 154 valence electrons. The number of rotatable bonds is 3. The summed E-state index contributed by atoms with van der Waals surface area (Å²) in [5, 5.41) is 14.1. The highest BCUT2D eigenvalue weighted by Gasteiger charge is 2.30. The second-order valence-electron chi connectivity index (χ2n) is 7.91. The molecule has 2 aromatic heterocycles. The number of halogens is 1. The van der Waals surface area contributed by atoms with Gasteiger partial charge in [0.2, 0.25) is 0 Å². The lowest BCUT2D eigenvalue weighted by molar-refractivity contribution is 0.868. The SMILES string of the molecule is Cc1nnc2n1-c1sc3c(c1C(c1ccc(Nc4ccc(Cl)cc4)cc1)=NC2)CCC3. The molecule has 1 aliphatic heterocycles. The molecule has 1 aliphatic carbocycles. The fourth-order valence-corrected chi connectivity index (χ4v) is 6.02. The van der Waals surface area contributed by atoms with Gasteiger partial charge in [-0.3, -0.25) is 9.56 Å². The van der Waals surface area contributed by atoms with Gasteiger partial charge in [-0.2, -0.15) is 0 Å². The zero-order valence-corrected chi connectivity index (χ0v) is 18.6. The Morgan fingerprint density at radius 3 is 2.48 bits per heavy atom.